The van der Waals surface area contributed by atoms with Crippen LogP contribution in [0.2, 0.25) is 0 Å². The lowest BCUT2D eigenvalue weighted by atomic mass is 10.2. The maximum absolute atomic E-state index is 12.2. The highest BCUT2D eigenvalue weighted by Gasteiger charge is 2.10. The summed E-state index contributed by atoms with van der Waals surface area (Å²) in [7, 11) is 0.648. The second kappa shape index (κ2) is 9.10. The van der Waals surface area contributed by atoms with E-state index >= 15 is 0 Å². The number of para-hydroxylation sites is 1. The van der Waals surface area contributed by atoms with E-state index in [1.54, 1.807) is 7.11 Å². The first kappa shape index (κ1) is 16.2. The van der Waals surface area contributed by atoms with E-state index in [1.165, 1.54) is 0 Å². The lowest BCUT2D eigenvalue weighted by Crippen LogP contribution is -2.26. The molecular weight excluding hydrogens is 258 g/mol. The van der Waals surface area contributed by atoms with Crippen LogP contribution in [0.5, 0.6) is 5.75 Å². The van der Waals surface area contributed by atoms with Crippen LogP contribution in [0.3, 0.4) is 0 Å². The van der Waals surface area contributed by atoms with Crippen LogP contribution >= 0.6 is 0 Å². The van der Waals surface area contributed by atoms with Crippen molar-refractivity contribution in [2.75, 3.05) is 19.4 Å². The minimum absolute atomic E-state index is 0.495. The van der Waals surface area contributed by atoms with Crippen molar-refractivity contribution < 1.29 is 8.95 Å². The molecule has 108 valence electrons. The van der Waals surface area contributed by atoms with Crippen molar-refractivity contribution in [1.82, 2.24) is 5.32 Å². The lowest BCUT2D eigenvalue weighted by molar-refractivity contribution is 0.404. The van der Waals surface area contributed by atoms with Gasteiger partial charge >= 0.3 is 0 Å². The van der Waals surface area contributed by atoms with Crippen LogP contribution in [-0.4, -0.2) is 29.7 Å². The Morgan fingerprint density at radius 3 is 2.79 bits per heavy atom. The Morgan fingerprint density at radius 2 is 2.11 bits per heavy atom. The minimum Gasteiger partial charge on any atom is -0.495 e. The minimum atomic E-state index is -0.970. The molecule has 1 rings (SSSR count). The van der Waals surface area contributed by atoms with Crippen molar-refractivity contribution in [3.63, 3.8) is 0 Å². The van der Waals surface area contributed by atoms with E-state index < -0.39 is 10.8 Å². The van der Waals surface area contributed by atoms with E-state index in [-0.39, 0.29) is 0 Å². The molecule has 2 atom stereocenters. The molecule has 4 heteroatoms. The van der Waals surface area contributed by atoms with Crippen LogP contribution in [0.1, 0.15) is 33.1 Å². The van der Waals surface area contributed by atoms with Gasteiger partial charge < -0.3 is 10.1 Å². The largest absolute Gasteiger partial charge is 0.495 e. The normalized spacial score (nSPS) is 14.1. The van der Waals surface area contributed by atoms with Crippen molar-refractivity contribution in [3.8, 4) is 5.75 Å². The summed E-state index contributed by atoms with van der Waals surface area (Å²) in [4.78, 5) is 0.805. The molecule has 0 radical (unpaired) electrons. The Hall–Kier alpha value is -0.870. The number of ether oxygens (including phenoxy) is 1. The van der Waals surface area contributed by atoms with Gasteiger partial charge in [-0.3, -0.25) is 4.21 Å². The molecule has 0 aliphatic rings. The third-order valence-electron chi connectivity index (χ3n) is 3.02. The average molecular weight is 283 g/mol. The van der Waals surface area contributed by atoms with Gasteiger partial charge in [0.15, 0.2) is 0 Å². The van der Waals surface area contributed by atoms with E-state index in [2.05, 4.69) is 19.2 Å². The standard InChI is InChI=1S/C15H25NO2S/c1-4-11-16-13(2)8-7-12-19(17)15-10-6-5-9-14(15)18-3/h5-6,9-10,13,16H,4,7-8,11-12H2,1-3H3. The summed E-state index contributed by atoms with van der Waals surface area (Å²) < 4.78 is 17.5. The molecule has 0 saturated heterocycles. The highest BCUT2D eigenvalue weighted by atomic mass is 32.2. The molecule has 0 fully saturated rings. The summed E-state index contributed by atoms with van der Waals surface area (Å²) >= 11 is 0. The number of hydrogen-bond donors (Lipinski definition) is 1. The molecule has 0 aliphatic heterocycles. The third-order valence-corrected chi connectivity index (χ3v) is 4.51. The van der Waals surface area contributed by atoms with Crippen LogP contribution in [-0.2, 0) is 10.8 Å². The predicted molar refractivity (Wildman–Crippen MR) is 81.3 cm³/mol. The van der Waals surface area contributed by atoms with Gasteiger partial charge in [0.2, 0.25) is 0 Å². The smallest absolute Gasteiger partial charge is 0.134 e. The van der Waals surface area contributed by atoms with Gasteiger partial charge in [-0.2, -0.15) is 0 Å². The summed E-state index contributed by atoms with van der Waals surface area (Å²) in [6.07, 6.45) is 3.17. The molecule has 3 nitrogen and oxygen atoms in total. The van der Waals surface area contributed by atoms with Gasteiger partial charge in [-0.15, -0.1) is 0 Å². The summed E-state index contributed by atoms with van der Waals surface area (Å²) in [5.41, 5.74) is 0. The van der Waals surface area contributed by atoms with Crippen molar-refractivity contribution in [3.05, 3.63) is 24.3 Å². The van der Waals surface area contributed by atoms with E-state index in [1.807, 2.05) is 24.3 Å². The first-order valence-electron chi connectivity index (χ1n) is 6.93. The zero-order valence-corrected chi connectivity index (χ0v) is 13.0. The van der Waals surface area contributed by atoms with E-state index in [9.17, 15) is 4.21 Å². The highest BCUT2D eigenvalue weighted by molar-refractivity contribution is 7.85. The van der Waals surface area contributed by atoms with Gasteiger partial charge in [-0.1, -0.05) is 19.1 Å². The molecule has 0 aromatic heterocycles. The summed E-state index contributed by atoms with van der Waals surface area (Å²) in [5.74, 6) is 1.41. The van der Waals surface area contributed by atoms with Crippen molar-refractivity contribution in [2.45, 2.75) is 44.0 Å². The average Bonchev–Trinajstić information content (AvgIpc) is 2.44. The number of benzene rings is 1. The fourth-order valence-corrected chi connectivity index (χ4v) is 3.19. The topological polar surface area (TPSA) is 38.3 Å². The van der Waals surface area contributed by atoms with Gasteiger partial charge in [-0.25, -0.2) is 0 Å². The highest BCUT2D eigenvalue weighted by Crippen LogP contribution is 2.21. The first-order valence-corrected chi connectivity index (χ1v) is 8.25. The van der Waals surface area contributed by atoms with Crippen LogP contribution in [0.15, 0.2) is 29.2 Å². The zero-order chi connectivity index (χ0) is 14.1. The van der Waals surface area contributed by atoms with Crippen molar-refractivity contribution in [2.24, 2.45) is 0 Å². The molecule has 1 N–H and O–H groups in total. The summed E-state index contributed by atoms with van der Waals surface area (Å²) in [6.45, 7) is 5.40. The zero-order valence-electron chi connectivity index (χ0n) is 12.1. The van der Waals surface area contributed by atoms with Crippen molar-refractivity contribution in [1.29, 1.82) is 0 Å². The van der Waals surface area contributed by atoms with Gasteiger partial charge in [0, 0.05) is 11.8 Å². The quantitative estimate of drug-likeness (QED) is 0.757. The van der Waals surface area contributed by atoms with Crippen LogP contribution in [0, 0.1) is 0 Å². The second-order valence-electron chi connectivity index (χ2n) is 4.70. The Morgan fingerprint density at radius 1 is 1.37 bits per heavy atom. The summed E-state index contributed by atoms with van der Waals surface area (Å²) in [5, 5.41) is 3.44. The molecule has 19 heavy (non-hydrogen) atoms. The van der Waals surface area contributed by atoms with Gasteiger partial charge in [0.25, 0.3) is 0 Å². The molecule has 0 saturated carbocycles. The molecule has 0 amide bonds. The molecule has 2 unspecified atom stereocenters. The number of nitrogens with one attached hydrogen (secondary N) is 1. The van der Waals surface area contributed by atoms with E-state index in [0.717, 1.165) is 36.5 Å². The van der Waals surface area contributed by atoms with Crippen LogP contribution in [0.4, 0.5) is 0 Å². The molecule has 0 aliphatic carbocycles. The molecule has 1 aromatic rings. The second-order valence-corrected chi connectivity index (χ2v) is 6.24. The monoisotopic (exact) mass is 283 g/mol. The number of rotatable bonds is 9. The van der Waals surface area contributed by atoms with Gasteiger partial charge in [0.1, 0.15) is 5.75 Å². The first-order chi connectivity index (χ1) is 9.19. The van der Waals surface area contributed by atoms with E-state index in [4.69, 9.17) is 4.74 Å². The summed E-state index contributed by atoms with van der Waals surface area (Å²) in [6, 6.07) is 8.04. The van der Waals surface area contributed by atoms with Crippen molar-refractivity contribution >= 4 is 10.8 Å². The maximum Gasteiger partial charge on any atom is 0.134 e. The molecular formula is C15H25NO2S. The predicted octanol–water partition coefficient (Wildman–Crippen LogP) is 2.97. The molecule has 1 aromatic carbocycles. The Balaban J connectivity index is 2.39. The molecule has 0 heterocycles. The number of hydrogen-bond acceptors (Lipinski definition) is 3. The number of methoxy groups -OCH3 is 1. The molecule has 0 bridgehead atoms. The maximum atomic E-state index is 12.2. The van der Waals surface area contributed by atoms with Gasteiger partial charge in [0.05, 0.1) is 22.8 Å². The third kappa shape index (κ3) is 5.74. The van der Waals surface area contributed by atoms with Crippen LogP contribution < -0.4 is 10.1 Å². The fourth-order valence-electron chi connectivity index (χ4n) is 1.93. The Bertz CT molecular complexity index is 395. The Kier molecular flexibility index (Phi) is 7.75. The SMILES string of the molecule is CCCNC(C)CCCS(=O)c1ccccc1OC. The molecule has 0 spiro atoms. The van der Waals surface area contributed by atoms with Gasteiger partial charge in [-0.05, 0) is 44.9 Å². The van der Waals surface area contributed by atoms with Crippen LogP contribution in [0.25, 0.3) is 0 Å². The lowest BCUT2D eigenvalue weighted by Gasteiger charge is -2.13. The van der Waals surface area contributed by atoms with E-state index in [0.29, 0.717) is 11.8 Å². The Labute approximate surface area is 119 Å². The fraction of sp³-hybridized carbons (Fsp3) is 0.600.